The molecule has 114 valence electrons. The van der Waals surface area contributed by atoms with E-state index in [0.717, 1.165) is 30.1 Å². The molecule has 0 radical (unpaired) electrons. The van der Waals surface area contributed by atoms with Crippen molar-refractivity contribution < 1.29 is 0 Å². The highest BCUT2D eigenvalue weighted by atomic mass is 35.5. The molecule has 0 saturated heterocycles. The van der Waals surface area contributed by atoms with Crippen LogP contribution in [-0.2, 0) is 13.0 Å². The Hall–Kier alpha value is -1.03. The van der Waals surface area contributed by atoms with Crippen LogP contribution in [-0.4, -0.2) is 19.6 Å². The van der Waals surface area contributed by atoms with Crippen LogP contribution in [0.5, 0.6) is 0 Å². The average Bonchev–Trinajstić information content (AvgIpc) is 2.96. The maximum atomic E-state index is 6.39. The van der Waals surface area contributed by atoms with Crippen molar-refractivity contribution in [3.63, 3.8) is 0 Å². The van der Waals surface area contributed by atoms with Crippen LogP contribution in [0.2, 0.25) is 5.02 Å². The van der Waals surface area contributed by atoms with Gasteiger partial charge in [-0.2, -0.15) is 0 Å². The van der Waals surface area contributed by atoms with E-state index in [4.69, 9.17) is 11.6 Å². The Morgan fingerprint density at radius 1 is 1.29 bits per heavy atom. The second-order valence-electron chi connectivity index (χ2n) is 5.56. The average molecular weight is 323 g/mol. The van der Waals surface area contributed by atoms with Crippen molar-refractivity contribution in [1.29, 1.82) is 0 Å². The fraction of sp³-hybridized carbons (Fsp3) is 0.412. The van der Waals surface area contributed by atoms with Crippen LogP contribution in [0.3, 0.4) is 0 Å². The molecule has 2 rings (SSSR count). The van der Waals surface area contributed by atoms with E-state index in [2.05, 4.69) is 66.8 Å². The van der Waals surface area contributed by atoms with Crippen molar-refractivity contribution in [2.75, 3.05) is 18.5 Å². The Morgan fingerprint density at radius 3 is 2.71 bits per heavy atom. The molecule has 2 nitrogen and oxygen atoms in total. The zero-order chi connectivity index (χ0) is 15.2. The quantitative estimate of drug-likeness (QED) is 0.802. The van der Waals surface area contributed by atoms with Crippen molar-refractivity contribution in [2.45, 2.75) is 32.9 Å². The van der Waals surface area contributed by atoms with Crippen molar-refractivity contribution in [3.8, 4) is 0 Å². The Bertz CT molecular complexity index is 552. The van der Waals surface area contributed by atoms with Gasteiger partial charge in [0, 0.05) is 41.8 Å². The molecule has 0 unspecified atom stereocenters. The van der Waals surface area contributed by atoms with Gasteiger partial charge in [-0.3, -0.25) is 0 Å². The number of likely N-dealkylation sites (N-methyl/N-ethyl adjacent to an activating group) is 1. The minimum Gasteiger partial charge on any atom is -0.374 e. The molecule has 2 aromatic rings. The number of nitrogens with zero attached hydrogens (tertiary/aromatic N) is 1. The highest BCUT2D eigenvalue weighted by Crippen LogP contribution is 2.23. The largest absolute Gasteiger partial charge is 0.374 e. The lowest BCUT2D eigenvalue weighted by Gasteiger charge is -2.20. The zero-order valence-corrected chi connectivity index (χ0v) is 14.5. The first kappa shape index (κ1) is 16.3. The topological polar surface area (TPSA) is 15.3 Å². The number of hydrogen-bond donors (Lipinski definition) is 1. The molecular formula is C17H23ClN2S. The Kier molecular flexibility index (Phi) is 6.09. The number of rotatable bonds is 7. The van der Waals surface area contributed by atoms with E-state index >= 15 is 0 Å². The van der Waals surface area contributed by atoms with Gasteiger partial charge < -0.3 is 10.2 Å². The maximum absolute atomic E-state index is 6.39. The summed E-state index contributed by atoms with van der Waals surface area (Å²) in [6, 6.07) is 11.1. The van der Waals surface area contributed by atoms with Crippen LogP contribution < -0.4 is 10.2 Å². The summed E-state index contributed by atoms with van der Waals surface area (Å²) in [6.07, 6.45) is 1.07. The molecule has 4 heteroatoms. The lowest BCUT2D eigenvalue weighted by atomic mass is 10.1. The highest BCUT2D eigenvalue weighted by molar-refractivity contribution is 7.09. The summed E-state index contributed by atoms with van der Waals surface area (Å²) in [5.41, 5.74) is 2.32. The smallest absolute Gasteiger partial charge is 0.0471 e. The van der Waals surface area contributed by atoms with Crippen LogP contribution >= 0.6 is 22.9 Å². The molecular weight excluding hydrogens is 300 g/mol. The maximum Gasteiger partial charge on any atom is 0.0471 e. The minimum atomic E-state index is 0.467. The number of benzene rings is 1. The fourth-order valence-corrected chi connectivity index (χ4v) is 3.03. The van der Waals surface area contributed by atoms with Gasteiger partial charge in [0.1, 0.15) is 0 Å². The van der Waals surface area contributed by atoms with Gasteiger partial charge in [-0.25, -0.2) is 0 Å². The Labute approximate surface area is 136 Å². The highest BCUT2D eigenvalue weighted by Gasteiger charge is 2.06. The first-order chi connectivity index (χ1) is 10.1. The second-order valence-corrected chi connectivity index (χ2v) is 7.00. The molecule has 0 aliphatic carbocycles. The van der Waals surface area contributed by atoms with Crippen molar-refractivity contribution in [1.82, 2.24) is 5.32 Å². The summed E-state index contributed by atoms with van der Waals surface area (Å²) in [5, 5.41) is 6.36. The van der Waals surface area contributed by atoms with E-state index in [9.17, 15) is 0 Å². The summed E-state index contributed by atoms with van der Waals surface area (Å²) in [6.45, 7) is 6.09. The van der Waals surface area contributed by atoms with E-state index in [1.165, 1.54) is 10.6 Å². The van der Waals surface area contributed by atoms with Gasteiger partial charge in [-0.15, -0.1) is 11.3 Å². The third-order valence-electron chi connectivity index (χ3n) is 3.45. The van der Waals surface area contributed by atoms with E-state index in [1.807, 2.05) is 11.3 Å². The van der Waals surface area contributed by atoms with E-state index in [0.29, 0.717) is 6.04 Å². The van der Waals surface area contributed by atoms with Gasteiger partial charge in [0.05, 0.1) is 0 Å². The molecule has 0 aliphatic heterocycles. The van der Waals surface area contributed by atoms with Gasteiger partial charge in [0.25, 0.3) is 0 Å². The number of halogens is 1. The summed E-state index contributed by atoms with van der Waals surface area (Å²) >= 11 is 8.21. The number of thiophene rings is 1. The molecule has 21 heavy (non-hydrogen) atoms. The predicted molar refractivity (Wildman–Crippen MR) is 94.7 cm³/mol. The number of hydrogen-bond acceptors (Lipinski definition) is 3. The molecule has 1 aromatic carbocycles. The molecule has 0 atom stereocenters. The zero-order valence-electron chi connectivity index (χ0n) is 12.9. The fourth-order valence-electron chi connectivity index (χ4n) is 2.09. The third kappa shape index (κ3) is 5.03. The van der Waals surface area contributed by atoms with Gasteiger partial charge >= 0.3 is 0 Å². The van der Waals surface area contributed by atoms with Crippen molar-refractivity contribution in [2.24, 2.45) is 0 Å². The number of nitrogens with one attached hydrogen (secondary N) is 1. The monoisotopic (exact) mass is 322 g/mol. The van der Waals surface area contributed by atoms with Gasteiger partial charge in [0.2, 0.25) is 0 Å². The lowest BCUT2D eigenvalue weighted by Crippen LogP contribution is -2.22. The first-order valence-electron chi connectivity index (χ1n) is 7.31. The Morgan fingerprint density at radius 2 is 2.10 bits per heavy atom. The third-order valence-corrected chi connectivity index (χ3v) is 4.74. The molecule has 0 bridgehead atoms. The van der Waals surface area contributed by atoms with Crippen LogP contribution in [0.15, 0.2) is 35.7 Å². The molecule has 1 aromatic heterocycles. The summed E-state index contributed by atoms with van der Waals surface area (Å²) in [4.78, 5) is 3.68. The second kappa shape index (κ2) is 7.83. The number of anilines is 1. The Balaban J connectivity index is 1.95. The van der Waals surface area contributed by atoms with Crippen LogP contribution in [0.4, 0.5) is 5.69 Å². The molecule has 1 heterocycles. The van der Waals surface area contributed by atoms with E-state index in [1.54, 1.807) is 0 Å². The van der Waals surface area contributed by atoms with Crippen molar-refractivity contribution >= 4 is 28.6 Å². The summed E-state index contributed by atoms with van der Waals surface area (Å²) < 4.78 is 0. The van der Waals surface area contributed by atoms with Crippen LogP contribution in [0, 0.1) is 0 Å². The standard InChI is InChI=1S/C17H23ClN2S/c1-13(2)19-12-14-6-7-15(11-17(14)18)20(3)9-8-16-5-4-10-21-16/h4-7,10-11,13,19H,8-9,12H2,1-3H3. The van der Waals surface area contributed by atoms with Crippen LogP contribution in [0.25, 0.3) is 0 Å². The predicted octanol–water partition coefficient (Wildman–Crippen LogP) is 4.58. The first-order valence-corrected chi connectivity index (χ1v) is 8.57. The van der Waals surface area contributed by atoms with E-state index < -0.39 is 0 Å². The SMILES string of the molecule is CC(C)NCc1ccc(N(C)CCc2cccs2)cc1Cl. The molecule has 0 spiro atoms. The summed E-state index contributed by atoms with van der Waals surface area (Å²) in [5.74, 6) is 0. The van der Waals surface area contributed by atoms with Gasteiger partial charge in [0.15, 0.2) is 0 Å². The van der Waals surface area contributed by atoms with E-state index in [-0.39, 0.29) is 0 Å². The van der Waals surface area contributed by atoms with Crippen LogP contribution in [0.1, 0.15) is 24.3 Å². The molecule has 0 fully saturated rings. The molecule has 1 N–H and O–H groups in total. The minimum absolute atomic E-state index is 0.467. The molecule has 0 aliphatic rings. The molecule has 0 saturated carbocycles. The normalized spacial score (nSPS) is 11.1. The van der Waals surface area contributed by atoms with Crippen molar-refractivity contribution in [3.05, 3.63) is 51.2 Å². The lowest BCUT2D eigenvalue weighted by molar-refractivity contribution is 0.589. The van der Waals surface area contributed by atoms with Gasteiger partial charge in [-0.1, -0.05) is 37.6 Å². The van der Waals surface area contributed by atoms with Gasteiger partial charge in [-0.05, 0) is 35.6 Å². The summed E-state index contributed by atoms with van der Waals surface area (Å²) in [7, 11) is 2.12. The molecule has 0 amide bonds.